The van der Waals surface area contributed by atoms with Gasteiger partial charge in [0.2, 0.25) is 10.0 Å². The van der Waals surface area contributed by atoms with Gasteiger partial charge in [0.25, 0.3) is 5.91 Å². The molecule has 2 heterocycles. The minimum absolute atomic E-state index is 0.0379. The zero-order valence-electron chi connectivity index (χ0n) is 18.5. The Morgan fingerprint density at radius 1 is 1.09 bits per heavy atom. The number of anilines is 1. The first kappa shape index (κ1) is 21.8. The van der Waals surface area contributed by atoms with Crippen molar-refractivity contribution in [3.05, 3.63) is 59.9 Å². The summed E-state index contributed by atoms with van der Waals surface area (Å²) in [5.41, 5.74) is 1.77. The Balaban J connectivity index is 1.29. The van der Waals surface area contributed by atoms with Crippen molar-refractivity contribution in [1.29, 1.82) is 0 Å². The zero-order valence-corrected chi connectivity index (χ0v) is 19.3. The van der Waals surface area contributed by atoms with Gasteiger partial charge >= 0.3 is 0 Å². The van der Waals surface area contributed by atoms with Crippen LogP contribution in [0.3, 0.4) is 0 Å². The highest BCUT2D eigenvalue weighted by Gasteiger charge is 2.31. The summed E-state index contributed by atoms with van der Waals surface area (Å²) in [5.74, 6) is 1.71. The van der Waals surface area contributed by atoms with Crippen LogP contribution in [-0.4, -0.2) is 46.4 Å². The van der Waals surface area contributed by atoms with E-state index in [2.05, 4.69) is 20.5 Å². The summed E-state index contributed by atoms with van der Waals surface area (Å²) >= 11 is 0. The Labute approximate surface area is 193 Å². The van der Waals surface area contributed by atoms with E-state index in [1.54, 1.807) is 34.6 Å². The van der Waals surface area contributed by atoms with Crippen LogP contribution < -0.4 is 5.32 Å². The van der Waals surface area contributed by atoms with Gasteiger partial charge in [-0.2, -0.15) is 9.40 Å². The highest BCUT2D eigenvalue weighted by Crippen LogP contribution is 2.38. The highest BCUT2D eigenvalue weighted by atomic mass is 32.2. The number of benzene rings is 2. The molecule has 2 aliphatic rings. The van der Waals surface area contributed by atoms with Gasteiger partial charge in [0.1, 0.15) is 5.82 Å². The number of hydrogen-bond acceptors (Lipinski definition) is 5. The molecule has 0 bridgehead atoms. The van der Waals surface area contributed by atoms with Crippen LogP contribution in [0.1, 0.15) is 61.1 Å². The molecule has 0 spiro atoms. The van der Waals surface area contributed by atoms with Gasteiger partial charge in [-0.05, 0) is 75.1 Å². The van der Waals surface area contributed by atoms with Crippen LogP contribution in [0.5, 0.6) is 0 Å². The number of piperidine rings is 1. The van der Waals surface area contributed by atoms with E-state index in [0.717, 1.165) is 43.5 Å². The minimum atomic E-state index is -3.64. The van der Waals surface area contributed by atoms with Gasteiger partial charge in [-0.25, -0.2) is 13.4 Å². The van der Waals surface area contributed by atoms with Crippen molar-refractivity contribution in [3.8, 4) is 11.4 Å². The third-order valence-electron chi connectivity index (χ3n) is 6.31. The summed E-state index contributed by atoms with van der Waals surface area (Å²) in [6.45, 7) is 2.45. The molecule has 1 saturated heterocycles. The summed E-state index contributed by atoms with van der Waals surface area (Å²) < 4.78 is 27.8. The lowest BCUT2D eigenvalue weighted by molar-refractivity contribution is 0.102. The lowest BCUT2D eigenvalue weighted by Gasteiger charge is -2.32. The number of H-pyrrole nitrogens is 1. The number of carbonyl (C=O) groups excluding carboxylic acids is 1. The molecule has 1 saturated carbocycles. The first-order valence-corrected chi connectivity index (χ1v) is 12.8. The average molecular weight is 466 g/mol. The van der Waals surface area contributed by atoms with Crippen molar-refractivity contribution in [3.63, 3.8) is 0 Å². The van der Waals surface area contributed by atoms with Crippen LogP contribution in [0.25, 0.3) is 11.4 Å². The minimum Gasteiger partial charge on any atom is -0.322 e. The molecule has 2 N–H and O–H groups in total. The third kappa shape index (κ3) is 4.56. The largest absolute Gasteiger partial charge is 0.322 e. The number of aromatic amines is 1. The number of carbonyl (C=O) groups is 1. The Bertz CT molecular complexity index is 1270. The molecule has 172 valence electrons. The number of nitrogens with one attached hydrogen (secondary N) is 2. The second kappa shape index (κ2) is 8.72. The Morgan fingerprint density at radius 2 is 1.88 bits per heavy atom. The normalized spacial score (nSPS) is 19.4. The molecule has 1 aliphatic heterocycles. The van der Waals surface area contributed by atoms with Crippen LogP contribution in [0.15, 0.2) is 53.4 Å². The topological polar surface area (TPSA) is 108 Å². The van der Waals surface area contributed by atoms with Crippen molar-refractivity contribution < 1.29 is 13.2 Å². The number of hydrogen-bond donors (Lipinski definition) is 2. The average Bonchev–Trinajstić information content (AvgIpc) is 3.56. The molecule has 2 fully saturated rings. The Morgan fingerprint density at radius 3 is 2.61 bits per heavy atom. The van der Waals surface area contributed by atoms with E-state index in [0.29, 0.717) is 29.5 Å². The van der Waals surface area contributed by atoms with Gasteiger partial charge in [0.05, 0.1) is 4.90 Å². The van der Waals surface area contributed by atoms with E-state index in [-0.39, 0.29) is 16.8 Å². The van der Waals surface area contributed by atoms with Crippen molar-refractivity contribution in [2.45, 2.75) is 55.9 Å². The smallest absolute Gasteiger partial charge is 0.255 e. The van der Waals surface area contributed by atoms with Crippen LogP contribution in [0, 0.1) is 0 Å². The van der Waals surface area contributed by atoms with Crippen molar-refractivity contribution in [2.75, 3.05) is 11.9 Å². The fourth-order valence-electron chi connectivity index (χ4n) is 4.21. The predicted octanol–water partition coefficient (Wildman–Crippen LogP) is 4.16. The molecule has 1 unspecified atom stereocenters. The lowest BCUT2D eigenvalue weighted by Crippen LogP contribution is -2.41. The molecular formula is C24H27N5O3S. The van der Waals surface area contributed by atoms with E-state index in [1.165, 1.54) is 6.07 Å². The number of sulfonamides is 1. The maximum absolute atomic E-state index is 13.1. The lowest BCUT2D eigenvalue weighted by atomic mass is 10.1. The molecule has 1 atom stereocenters. The molecule has 3 aromatic rings. The maximum Gasteiger partial charge on any atom is 0.255 e. The van der Waals surface area contributed by atoms with Crippen molar-refractivity contribution >= 4 is 21.6 Å². The molecule has 0 radical (unpaired) electrons. The van der Waals surface area contributed by atoms with E-state index < -0.39 is 10.0 Å². The van der Waals surface area contributed by atoms with Gasteiger partial charge < -0.3 is 5.32 Å². The highest BCUT2D eigenvalue weighted by molar-refractivity contribution is 7.89. The number of rotatable bonds is 6. The van der Waals surface area contributed by atoms with Crippen LogP contribution in [-0.2, 0) is 10.0 Å². The number of amides is 1. The number of aromatic nitrogens is 3. The van der Waals surface area contributed by atoms with Gasteiger partial charge in [-0.1, -0.05) is 12.5 Å². The quantitative estimate of drug-likeness (QED) is 0.568. The second-order valence-corrected chi connectivity index (χ2v) is 10.7. The summed E-state index contributed by atoms with van der Waals surface area (Å²) in [7, 11) is -3.64. The van der Waals surface area contributed by atoms with Crippen LogP contribution in [0.4, 0.5) is 5.69 Å². The fourth-order valence-corrected chi connectivity index (χ4v) is 5.96. The molecule has 1 aromatic heterocycles. The first-order valence-electron chi connectivity index (χ1n) is 11.4. The van der Waals surface area contributed by atoms with E-state index in [4.69, 9.17) is 0 Å². The predicted molar refractivity (Wildman–Crippen MR) is 125 cm³/mol. The van der Waals surface area contributed by atoms with Crippen LogP contribution in [0.2, 0.25) is 0 Å². The molecule has 5 rings (SSSR count). The SMILES string of the molecule is CC1CCCCN1S(=O)(=O)c1cccc(C(=O)Nc2ccc(-c3n[nH]c(C4CC4)n3)cc2)c1. The number of nitrogens with zero attached hydrogens (tertiary/aromatic N) is 3. The van der Waals surface area contributed by atoms with E-state index >= 15 is 0 Å². The van der Waals surface area contributed by atoms with E-state index in [9.17, 15) is 13.2 Å². The Kier molecular flexibility index (Phi) is 5.76. The van der Waals surface area contributed by atoms with Crippen LogP contribution >= 0.6 is 0 Å². The van der Waals surface area contributed by atoms with Gasteiger partial charge in [-0.15, -0.1) is 0 Å². The maximum atomic E-state index is 13.1. The second-order valence-electron chi connectivity index (χ2n) is 8.84. The molecule has 8 nitrogen and oxygen atoms in total. The molecule has 33 heavy (non-hydrogen) atoms. The standard InChI is InChI=1S/C24H27N5O3S/c1-16-5-2-3-14-29(16)33(31,32)21-7-4-6-19(15-21)24(30)25-20-12-10-18(11-13-20)23-26-22(27-28-23)17-8-9-17/h4,6-7,10-13,15-17H,2-3,5,8-9,14H2,1H3,(H,25,30)(H,26,27,28). The molecule has 1 aliphatic carbocycles. The van der Waals surface area contributed by atoms with Gasteiger partial charge in [0.15, 0.2) is 5.82 Å². The summed E-state index contributed by atoms with van der Waals surface area (Å²) in [4.78, 5) is 17.5. The fraction of sp³-hybridized carbons (Fsp3) is 0.375. The van der Waals surface area contributed by atoms with Gasteiger partial charge in [0, 0.05) is 35.3 Å². The Hall–Kier alpha value is -3.04. The molecule has 9 heteroatoms. The molecule has 1 amide bonds. The third-order valence-corrected chi connectivity index (χ3v) is 8.32. The first-order chi connectivity index (χ1) is 15.9. The van der Waals surface area contributed by atoms with Crippen molar-refractivity contribution in [2.24, 2.45) is 0 Å². The monoisotopic (exact) mass is 465 g/mol. The van der Waals surface area contributed by atoms with Gasteiger partial charge in [-0.3, -0.25) is 9.89 Å². The zero-order chi connectivity index (χ0) is 23.0. The molecular weight excluding hydrogens is 438 g/mol. The van der Waals surface area contributed by atoms with Crippen molar-refractivity contribution in [1.82, 2.24) is 19.5 Å². The van der Waals surface area contributed by atoms with E-state index in [1.807, 2.05) is 19.1 Å². The summed E-state index contributed by atoms with van der Waals surface area (Å²) in [6, 6.07) is 13.5. The summed E-state index contributed by atoms with van der Waals surface area (Å²) in [5, 5.41) is 10.1. The summed E-state index contributed by atoms with van der Waals surface area (Å²) in [6.07, 6.45) is 5.05. The molecule has 2 aromatic carbocycles.